The van der Waals surface area contributed by atoms with E-state index in [1.54, 1.807) is 0 Å². The molecule has 1 aromatic heterocycles. The van der Waals surface area contributed by atoms with Crippen molar-refractivity contribution in [3.05, 3.63) is 18.2 Å². The molecule has 16 heteroatoms. The molecule has 1 saturated heterocycles. The van der Waals surface area contributed by atoms with Gasteiger partial charge in [-0.2, -0.15) is 0 Å². The standard InChI is InChI=1S/C22H35N9O7/c23-13(5-6-17(32)33)20(36)31-8-2-4-16(31)19(35)30-15(9-12-10-26-11-28-12)18(34)29-14(21(37)38)3-1-7-27-22(24)25/h10-11,13-16H,1-9,23H2,(H,26,28)(H,29,34)(H,30,35)(H,32,33)(H,37,38)(H4,24,25,27). The van der Waals surface area contributed by atoms with Crippen molar-refractivity contribution in [1.82, 2.24) is 25.5 Å². The highest BCUT2D eigenvalue weighted by molar-refractivity contribution is 5.94. The second-order valence-corrected chi connectivity index (χ2v) is 8.92. The highest BCUT2D eigenvalue weighted by Gasteiger charge is 2.38. The summed E-state index contributed by atoms with van der Waals surface area (Å²) in [4.78, 5) is 73.4. The number of nitrogens with one attached hydrogen (secondary N) is 3. The Bertz CT molecular complexity index is 1010. The predicted octanol–water partition coefficient (Wildman–Crippen LogP) is -2.76. The van der Waals surface area contributed by atoms with Crippen LogP contribution >= 0.6 is 0 Å². The normalized spacial score (nSPS) is 17.2. The molecule has 4 unspecified atom stereocenters. The first-order valence-electron chi connectivity index (χ1n) is 12.1. The third kappa shape index (κ3) is 9.34. The summed E-state index contributed by atoms with van der Waals surface area (Å²) in [6.45, 7) is 0.433. The number of imidazole rings is 1. The summed E-state index contributed by atoms with van der Waals surface area (Å²) in [5.41, 5.74) is 16.9. The van der Waals surface area contributed by atoms with E-state index < -0.39 is 53.8 Å². The first kappa shape index (κ1) is 30.0. The summed E-state index contributed by atoms with van der Waals surface area (Å²) in [6.07, 6.45) is 3.64. The number of hydrogen-bond acceptors (Lipinski definition) is 8. The number of hydrogen-bond donors (Lipinski definition) is 8. The van der Waals surface area contributed by atoms with E-state index in [-0.39, 0.29) is 51.2 Å². The van der Waals surface area contributed by atoms with Gasteiger partial charge in [0.1, 0.15) is 18.1 Å². The summed E-state index contributed by atoms with van der Waals surface area (Å²) in [5.74, 6) is -4.39. The molecule has 1 aliphatic heterocycles. The number of nitrogens with zero attached hydrogens (tertiary/aromatic N) is 3. The minimum absolute atomic E-state index is 0.0172. The third-order valence-corrected chi connectivity index (χ3v) is 6.00. The van der Waals surface area contributed by atoms with Crippen LogP contribution in [0, 0.1) is 0 Å². The van der Waals surface area contributed by atoms with Gasteiger partial charge in [-0.15, -0.1) is 0 Å². The zero-order chi connectivity index (χ0) is 28.2. The molecule has 0 radical (unpaired) electrons. The number of carbonyl (C=O) groups excluding carboxylic acids is 3. The van der Waals surface area contributed by atoms with Crippen molar-refractivity contribution < 1.29 is 34.2 Å². The van der Waals surface area contributed by atoms with Crippen LogP contribution in [0.5, 0.6) is 0 Å². The van der Waals surface area contributed by atoms with Crippen LogP contribution in [0.1, 0.15) is 44.2 Å². The second kappa shape index (κ2) is 14.5. The smallest absolute Gasteiger partial charge is 0.326 e. The molecule has 0 saturated carbocycles. The minimum Gasteiger partial charge on any atom is -0.481 e. The van der Waals surface area contributed by atoms with Crippen molar-refractivity contribution in [2.75, 3.05) is 13.1 Å². The van der Waals surface area contributed by atoms with E-state index in [0.717, 1.165) is 0 Å². The molecule has 2 rings (SSSR count). The number of H-pyrrole nitrogens is 1. The molecular weight excluding hydrogens is 502 g/mol. The van der Waals surface area contributed by atoms with E-state index in [2.05, 4.69) is 25.6 Å². The maximum atomic E-state index is 13.2. The number of carbonyl (C=O) groups is 5. The first-order valence-corrected chi connectivity index (χ1v) is 12.1. The summed E-state index contributed by atoms with van der Waals surface area (Å²) in [5, 5.41) is 23.5. The lowest BCUT2D eigenvalue weighted by molar-refractivity contribution is -0.143. The van der Waals surface area contributed by atoms with E-state index in [4.69, 9.17) is 22.3 Å². The fourth-order valence-electron chi connectivity index (χ4n) is 4.05. The summed E-state index contributed by atoms with van der Waals surface area (Å²) < 4.78 is 0. The van der Waals surface area contributed by atoms with Gasteiger partial charge in [-0.1, -0.05) is 0 Å². The number of carboxylic acids is 2. The largest absolute Gasteiger partial charge is 0.481 e. The molecule has 210 valence electrons. The van der Waals surface area contributed by atoms with Crippen LogP contribution in [0.25, 0.3) is 0 Å². The van der Waals surface area contributed by atoms with Crippen LogP contribution in [-0.4, -0.2) is 98.0 Å². The fourth-order valence-corrected chi connectivity index (χ4v) is 4.05. The summed E-state index contributed by atoms with van der Waals surface area (Å²) >= 11 is 0. The van der Waals surface area contributed by atoms with Crippen LogP contribution < -0.4 is 27.8 Å². The average molecular weight is 538 g/mol. The van der Waals surface area contributed by atoms with Crippen molar-refractivity contribution in [3.63, 3.8) is 0 Å². The number of carboxylic acid groups (broad SMARTS) is 2. The van der Waals surface area contributed by atoms with Gasteiger partial charge in [-0.3, -0.25) is 24.2 Å². The monoisotopic (exact) mass is 537 g/mol. The summed E-state index contributed by atoms with van der Waals surface area (Å²) in [7, 11) is 0. The highest BCUT2D eigenvalue weighted by atomic mass is 16.4. The lowest BCUT2D eigenvalue weighted by Crippen LogP contribution is -2.57. The van der Waals surface area contributed by atoms with Gasteiger partial charge in [0.2, 0.25) is 17.7 Å². The van der Waals surface area contributed by atoms with Gasteiger partial charge >= 0.3 is 11.9 Å². The van der Waals surface area contributed by atoms with Crippen molar-refractivity contribution in [3.8, 4) is 0 Å². The van der Waals surface area contributed by atoms with E-state index in [0.29, 0.717) is 18.5 Å². The van der Waals surface area contributed by atoms with E-state index >= 15 is 0 Å². The molecule has 0 aromatic carbocycles. The van der Waals surface area contributed by atoms with Gasteiger partial charge in [-0.25, -0.2) is 9.78 Å². The van der Waals surface area contributed by atoms with Crippen molar-refractivity contribution in [1.29, 1.82) is 0 Å². The molecule has 4 atom stereocenters. The third-order valence-electron chi connectivity index (χ3n) is 6.00. The maximum absolute atomic E-state index is 13.2. The Morgan fingerprint density at radius 2 is 1.89 bits per heavy atom. The van der Waals surface area contributed by atoms with E-state index in [9.17, 15) is 29.1 Å². The van der Waals surface area contributed by atoms with Gasteiger partial charge in [-0.05, 0) is 32.1 Å². The summed E-state index contributed by atoms with van der Waals surface area (Å²) in [6, 6.07) is -4.43. The molecule has 0 aliphatic carbocycles. The van der Waals surface area contributed by atoms with E-state index in [1.165, 1.54) is 17.4 Å². The lowest BCUT2D eigenvalue weighted by atomic mass is 10.1. The Morgan fingerprint density at radius 1 is 1.16 bits per heavy atom. The van der Waals surface area contributed by atoms with Crippen LogP contribution in [0.2, 0.25) is 0 Å². The molecular formula is C22H35N9O7. The number of aromatic nitrogens is 2. The zero-order valence-electron chi connectivity index (χ0n) is 20.8. The number of aliphatic carboxylic acids is 2. The Morgan fingerprint density at radius 3 is 2.50 bits per heavy atom. The molecule has 38 heavy (non-hydrogen) atoms. The lowest BCUT2D eigenvalue weighted by Gasteiger charge is -2.28. The Hall–Kier alpha value is -4.21. The molecule has 0 spiro atoms. The van der Waals surface area contributed by atoms with E-state index in [1.807, 2.05) is 0 Å². The number of aromatic amines is 1. The number of guanidine groups is 1. The Balaban J connectivity index is 2.10. The van der Waals surface area contributed by atoms with Crippen molar-refractivity contribution >= 4 is 35.6 Å². The number of aliphatic imine (C=N–C) groups is 1. The van der Waals surface area contributed by atoms with Crippen LogP contribution in [0.3, 0.4) is 0 Å². The number of amides is 3. The molecule has 1 aliphatic rings. The van der Waals surface area contributed by atoms with Crippen molar-refractivity contribution in [2.45, 2.75) is 69.1 Å². The molecule has 16 nitrogen and oxygen atoms in total. The number of likely N-dealkylation sites (tertiary alicyclic amines) is 1. The molecule has 1 fully saturated rings. The SMILES string of the molecule is NC(N)=NCCCC(NC(=O)C(Cc1cnc[nH]1)NC(=O)C1CCCN1C(=O)C(N)CCC(=O)O)C(=O)O. The Kier molecular flexibility index (Phi) is 11.5. The van der Waals surface area contributed by atoms with Crippen LogP contribution in [0.15, 0.2) is 17.5 Å². The van der Waals surface area contributed by atoms with Gasteiger partial charge in [0.15, 0.2) is 5.96 Å². The average Bonchev–Trinajstić information content (AvgIpc) is 3.55. The quantitative estimate of drug-likeness (QED) is 0.0644. The first-order chi connectivity index (χ1) is 18.0. The van der Waals surface area contributed by atoms with Crippen LogP contribution in [-0.2, 0) is 30.4 Å². The van der Waals surface area contributed by atoms with Gasteiger partial charge < -0.3 is 47.9 Å². The Labute approximate surface area is 218 Å². The van der Waals surface area contributed by atoms with Gasteiger partial charge in [0, 0.05) is 37.8 Å². The second-order valence-electron chi connectivity index (χ2n) is 8.92. The van der Waals surface area contributed by atoms with Crippen molar-refractivity contribution in [2.24, 2.45) is 22.2 Å². The predicted molar refractivity (Wildman–Crippen MR) is 133 cm³/mol. The topological polar surface area (TPSA) is 272 Å². The minimum atomic E-state index is -1.27. The van der Waals surface area contributed by atoms with Gasteiger partial charge in [0.25, 0.3) is 0 Å². The number of nitrogens with two attached hydrogens (primary N) is 3. The molecule has 3 amide bonds. The number of rotatable bonds is 15. The maximum Gasteiger partial charge on any atom is 0.326 e. The fraction of sp³-hybridized carbons (Fsp3) is 0.591. The molecule has 2 heterocycles. The zero-order valence-corrected chi connectivity index (χ0v) is 20.8. The van der Waals surface area contributed by atoms with Gasteiger partial charge in [0.05, 0.1) is 12.4 Å². The highest BCUT2D eigenvalue weighted by Crippen LogP contribution is 2.19. The molecule has 0 bridgehead atoms. The van der Waals surface area contributed by atoms with Crippen LogP contribution in [0.4, 0.5) is 0 Å². The molecule has 1 aromatic rings. The molecule has 11 N–H and O–H groups in total.